The van der Waals surface area contributed by atoms with Crippen LogP contribution in [0.1, 0.15) is 20.8 Å². The molecule has 0 aromatic carbocycles. The van der Waals surface area contributed by atoms with Gasteiger partial charge in [-0.05, 0) is 26.3 Å². The Morgan fingerprint density at radius 2 is 1.64 bits per heavy atom. The molecule has 0 saturated carbocycles. The molecule has 0 aliphatic carbocycles. The van der Waals surface area contributed by atoms with E-state index in [1.807, 2.05) is 20.8 Å². The lowest BCUT2D eigenvalue weighted by atomic mass is 10.7. The van der Waals surface area contributed by atoms with Crippen LogP contribution in [-0.4, -0.2) is 19.5 Å². The Labute approximate surface area is 74.1 Å². The normalized spacial score (nSPS) is 8.82. The summed E-state index contributed by atoms with van der Waals surface area (Å²) in [6.45, 7) is 10.4. The molecule has 0 aliphatic heterocycles. The molecule has 2 nitrogen and oxygen atoms in total. The number of ether oxygens (including phenoxy) is 2. The van der Waals surface area contributed by atoms with Crippen molar-refractivity contribution in [3.63, 3.8) is 0 Å². The van der Waals surface area contributed by atoms with Crippen molar-refractivity contribution in [3.05, 3.63) is 12.1 Å². The van der Waals surface area contributed by atoms with Gasteiger partial charge in [0.2, 0.25) is 0 Å². The molecule has 0 heterocycles. The van der Waals surface area contributed by atoms with E-state index < -0.39 is 0 Å². The minimum Gasteiger partial charge on any atom is -0.353 e. The molecule has 11 heavy (non-hydrogen) atoms. The van der Waals surface area contributed by atoms with E-state index in [1.54, 1.807) is 0 Å². The predicted octanol–water partition coefficient (Wildman–Crippen LogP) is 2.77. The fraction of sp³-hybridized carbons (Fsp3) is 0.750. The fourth-order valence-corrected chi connectivity index (χ4v) is 0.518. The zero-order valence-corrected chi connectivity index (χ0v) is 8.23. The molecule has 0 unspecified atom stereocenters. The van der Waals surface area contributed by atoms with Gasteiger partial charge in [-0.25, -0.2) is 0 Å². The van der Waals surface area contributed by atoms with Crippen LogP contribution in [0.5, 0.6) is 0 Å². The van der Waals surface area contributed by atoms with Gasteiger partial charge >= 0.3 is 0 Å². The van der Waals surface area contributed by atoms with Crippen LogP contribution in [0.3, 0.4) is 0 Å². The van der Waals surface area contributed by atoms with Gasteiger partial charge in [0, 0.05) is 13.2 Å². The first kappa shape index (κ1) is 13.5. The molecule has 68 valence electrons. The summed E-state index contributed by atoms with van der Waals surface area (Å²) in [6, 6.07) is 0. The van der Waals surface area contributed by atoms with Gasteiger partial charge in [0.25, 0.3) is 0 Å². The summed E-state index contributed by atoms with van der Waals surface area (Å²) < 4.78 is 10.1. The lowest BCUT2D eigenvalue weighted by Crippen LogP contribution is -2.11. The molecule has 0 N–H and O–H groups in total. The first-order chi connectivity index (χ1) is 5.22. The van der Waals surface area contributed by atoms with E-state index in [0.717, 1.165) is 13.2 Å². The van der Waals surface area contributed by atoms with Crippen LogP contribution in [0.25, 0.3) is 0 Å². The van der Waals surface area contributed by atoms with E-state index in [2.05, 4.69) is 6.58 Å². The summed E-state index contributed by atoms with van der Waals surface area (Å²) >= 11 is 4.76. The minimum atomic E-state index is -0.0370. The molecule has 0 spiro atoms. The van der Waals surface area contributed by atoms with Gasteiger partial charge in [0.05, 0.1) is 0 Å². The van der Waals surface area contributed by atoms with Crippen LogP contribution in [0.15, 0.2) is 12.1 Å². The summed E-state index contributed by atoms with van der Waals surface area (Å²) in [6.07, 6.45) is -0.0370. The van der Waals surface area contributed by atoms with Gasteiger partial charge in [-0.2, -0.15) is 0 Å². The summed E-state index contributed by atoms with van der Waals surface area (Å²) in [5.74, 6) is 0. The maximum absolute atomic E-state index is 5.06. The topological polar surface area (TPSA) is 18.5 Å². The predicted molar refractivity (Wildman–Crippen MR) is 48.8 cm³/mol. The number of rotatable bonds is 4. The van der Waals surface area contributed by atoms with Crippen LogP contribution in [0.4, 0.5) is 0 Å². The molecular weight excluding hydrogens is 164 g/mol. The van der Waals surface area contributed by atoms with Crippen LogP contribution in [0.2, 0.25) is 0 Å². The van der Waals surface area contributed by atoms with Gasteiger partial charge < -0.3 is 9.47 Å². The fourth-order valence-electron chi connectivity index (χ4n) is 0.518. The highest BCUT2D eigenvalue weighted by atomic mass is 35.5. The van der Waals surface area contributed by atoms with Gasteiger partial charge in [0.15, 0.2) is 6.29 Å². The molecule has 0 aliphatic rings. The third-order valence-electron chi connectivity index (χ3n) is 0.803. The highest BCUT2D eigenvalue weighted by Crippen LogP contribution is 1.90. The van der Waals surface area contributed by atoms with Crippen LogP contribution in [-0.2, 0) is 9.47 Å². The molecule has 0 aromatic rings. The average molecular weight is 181 g/mol. The highest BCUT2D eigenvalue weighted by Gasteiger charge is 1.94. The van der Waals surface area contributed by atoms with Crippen molar-refractivity contribution in [2.45, 2.75) is 27.1 Å². The maximum Gasteiger partial charge on any atom is 0.154 e. The van der Waals surface area contributed by atoms with E-state index >= 15 is 0 Å². The lowest BCUT2D eigenvalue weighted by Gasteiger charge is -2.09. The Hall–Kier alpha value is -0.0500. The number of hydrogen-bond acceptors (Lipinski definition) is 2. The van der Waals surface area contributed by atoms with Crippen molar-refractivity contribution in [1.29, 1.82) is 0 Å². The van der Waals surface area contributed by atoms with E-state index in [-0.39, 0.29) is 6.29 Å². The van der Waals surface area contributed by atoms with Gasteiger partial charge in [0.1, 0.15) is 0 Å². The van der Waals surface area contributed by atoms with Gasteiger partial charge in [-0.3, -0.25) is 0 Å². The molecule has 0 bridgehead atoms. The third-order valence-corrected chi connectivity index (χ3v) is 0.803. The first-order valence-electron chi connectivity index (χ1n) is 3.67. The second-order valence-electron chi connectivity index (χ2n) is 1.63. The summed E-state index contributed by atoms with van der Waals surface area (Å²) in [5.41, 5.74) is 1.22. The molecule has 0 saturated heterocycles. The SMILES string of the molecule is C=CCl.CCOC(C)OCC. The van der Waals surface area contributed by atoms with E-state index in [4.69, 9.17) is 21.1 Å². The molecule has 3 heteroatoms. The second-order valence-corrected chi connectivity index (χ2v) is 1.94. The van der Waals surface area contributed by atoms with Crippen molar-refractivity contribution in [3.8, 4) is 0 Å². The van der Waals surface area contributed by atoms with Crippen LogP contribution >= 0.6 is 11.6 Å². The molecule has 0 radical (unpaired) electrons. The zero-order valence-electron chi connectivity index (χ0n) is 7.47. The average Bonchev–Trinajstić information content (AvgIpc) is 1.90. The Kier molecular flexibility index (Phi) is 15.5. The van der Waals surface area contributed by atoms with Crippen LogP contribution < -0.4 is 0 Å². The van der Waals surface area contributed by atoms with E-state index in [1.165, 1.54) is 5.54 Å². The van der Waals surface area contributed by atoms with Crippen molar-refractivity contribution in [2.24, 2.45) is 0 Å². The molecule has 0 aromatic heterocycles. The summed E-state index contributed by atoms with van der Waals surface area (Å²) in [4.78, 5) is 0. The molecule has 0 rings (SSSR count). The second kappa shape index (κ2) is 12.6. The maximum atomic E-state index is 5.06. The van der Waals surface area contributed by atoms with Crippen LogP contribution in [0, 0.1) is 0 Å². The summed E-state index contributed by atoms with van der Waals surface area (Å²) in [7, 11) is 0. The van der Waals surface area contributed by atoms with Crippen molar-refractivity contribution in [1.82, 2.24) is 0 Å². The lowest BCUT2D eigenvalue weighted by molar-refractivity contribution is -0.123. The zero-order chi connectivity index (χ0) is 9.11. The highest BCUT2D eigenvalue weighted by molar-refractivity contribution is 6.25. The monoisotopic (exact) mass is 180 g/mol. The molecule has 0 amide bonds. The number of hydrogen-bond donors (Lipinski definition) is 0. The van der Waals surface area contributed by atoms with Gasteiger partial charge in [-0.1, -0.05) is 18.2 Å². The molecular formula is C8H17ClO2. The number of halogens is 1. The Bertz CT molecular complexity index is 70.5. The molecule has 0 atom stereocenters. The molecule has 0 fully saturated rings. The van der Waals surface area contributed by atoms with E-state index in [9.17, 15) is 0 Å². The van der Waals surface area contributed by atoms with Crippen molar-refractivity contribution in [2.75, 3.05) is 13.2 Å². The van der Waals surface area contributed by atoms with Crippen molar-refractivity contribution < 1.29 is 9.47 Å². The Morgan fingerprint density at radius 1 is 1.36 bits per heavy atom. The standard InChI is InChI=1S/C6H14O2.C2H3Cl/c1-4-7-6(3)8-5-2;1-2-3/h6H,4-5H2,1-3H3;2H,1H2. The van der Waals surface area contributed by atoms with Gasteiger partial charge in [-0.15, -0.1) is 0 Å². The summed E-state index contributed by atoms with van der Waals surface area (Å²) in [5, 5.41) is 0. The van der Waals surface area contributed by atoms with Crippen molar-refractivity contribution >= 4 is 11.6 Å². The third kappa shape index (κ3) is 17.8. The van der Waals surface area contributed by atoms with E-state index in [0.29, 0.717) is 0 Å². The first-order valence-corrected chi connectivity index (χ1v) is 4.10. The minimum absolute atomic E-state index is 0.0370. The largest absolute Gasteiger partial charge is 0.353 e. The quantitative estimate of drug-likeness (QED) is 0.620. The Balaban J connectivity index is 0. The Morgan fingerprint density at radius 3 is 1.82 bits per heavy atom. The smallest absolute Gasteiger partial charge is 0.154 e.